The van der Waals surface area contributed by atoms with Gasteiger partial charge >= 0.3 is 0 Å². The minimum absolute atomic E-state index is 0.534. The molecule has 6 heteroatoms. The minimum Gasteiger partial charge on any atom is -0.437 e. The van der Waals surface area contributed by atoms with Crippen LogP contribution in [-0.2, 0) is 6.42 Å². The molecule has 0 aliphatic rings. The molecule has 0 unspecified atom stereocenters. The maximum absolute atomic E-state index is 6.17. The standard InChI is InChI=1S/C14H15BrClN3O/c1-3-4-10-13(17-2)18-8-19-14(10)20-12-6-5-9(15)7-11(12)16/h5-8H,3-4H2,1-2H3,(H,17,18,19). The number of hydrogen-bond donors (Lipinski definition) is 1. The van der Waals surface area contributed by atoms with E-state index in [0.717, 1.165) is 28.7 Å². The van der Waals surface area contributed by atoms with Gasteiger partial charge in [-0.15, -0.1) is 0 Å². The van der Waals surface area contributed by atoms with Gasteiger partial charge in [0, 0.05) is 11.5 Å². The molecule has 2 aromatic rings. The third-order valence-corrected chi connectivity index (χ3v) is 3.53. The van der Waals surface area contributed by atoms with Crippen LogP contribution in [0.1, 0.15) is 18.9 Å². The van der Waals surface area contributed by atoms with Crippen molar-refractivity contribution in [2.45, 2.75) is 19.8 Å². The highest BCUT2D eigenvalue weighted by Crippen LogP contribution is 2.33. The molecule has 0 amide bonds. The summed E-state index contributed by atoms with van der Waals surface area (Å²) in [7, 11) is 1.83. The number of aromatic nitrogens is 2. The predicted molar refractivity (Wildman–Crippen MR) is 84.8 cm³/mol. The Bertz CT molecular complexity index is 607. The van der Waals surface area contributed by atoms with Gasteiger partial charge in [-0.25, -0.2) is 9.97 Å². The molecule has 4 nitrogen and oxygen atoms in total. The molecule has 1 aromatic heterocycles. The van der Waals surface area contributed by atoms with Crippen LogP contribution in [-0.4, -0.2) is 17.0 Å². The average Bonchev–Trinajstić information content (AvgIpc) is 2.43. The summed E-state index contributed by atoms with van der Waals surface area (Å²) in [5.41, 5.74) is 0.955. The molecule has 0 aliphatic heterocycles. The van der Waals surface area contributed by atoms with Crippen LogP contribution >= 0.6 is 27.5 Å². The molecule has 20 heavy (non-hydrogen) atoms. The molecule has 0 fully saturated rings. The second-order valence-electron chi connectivity index (χ2n) is 4.18. The molecule has 0 radical (unpaired) electrons. The lowest BCUT2D eigenvalue weighted by Gasteiger charge is -2.13. The zero-order valence-electron chi connectivity index (χ0n) is 11.3. The Kier molecular flexibility index (Phi) is 5.20. The van der Waals surface area contributed by atoms with Gasteiger partial charge in [-0.1, -0.05) is 40.9 Å². The third-order valence-electron chi connectivity index (χ3n) is 2.74. The van der Waals surface area contributed by atoms with Crippen molar-refractivity contribution in [1.29, 1.82) is 0 Å². The highest BCUT2D eigenvalue weighted by Gasteiger charge is 2.13. The fourth-order valence-electron chi connectivity index (χ4n) is 1.84. The Balaban J connectivity index is 2.37. The van der Waals surface area contributed by atoms with E-state index in [1.165, 1.54) is 6.33 Å². The quantitative estimate of drug-likeness (QED) is 0.845. The number of hydrogen-bond acceptors (Lipinski definition) is 4. The van der Waals surface area contributed by atoms with E-state index in [0.29, 0.717) is 16.7 Å². The van der Waals surface area contributed by atoms with E-state index >= 15 is 0 Å². The van der Waals surface area contributed by atoms with Crippen molar-refractivity contribution in [2.24, 2.45) is 0 Å². The Hall–Kier alpha value is -1.33. The van der Waals surface area contributed by atoms with Crippen LogP contribution in [0.3, 0.4) is 0 Å². The van der Waals surface area contributed by atoms with E-state index in [9.17, 15) is 0 Å². The first-order valence-electron chi connectivity index (χ1n) is 6.30. The Labute approximate surface area is 131 Å². The van der Waals surface area contributed by atoms with Crippen molar-refractivity contribution in [3.8, 4) is 11.6 Å². The monoisotopic (exact) mass is 355 g/mol. The Morgan fingerprint density at radius 2 is 2.15 bits per heavy atom. The van der Waals surface area contributed by atoms with Gasteiger partial charge in [-0.3, -0.25) is 0 Å². The summed E-state index contributed by atoms with van der Waals surface area (Å²) in [4.78, 5) is 8.43. The lowest BCUT2D eigenvalue weighted by atomic mass is 10.1. The third kappa shape index (κ3) is 3.41. The predicted octanol–water partition coefficient (Wildman–Crippen LogP) is 4.68. The lowest BCUT2D eigenvalue weighted by Crippen LogP contribution is -2.03. The van der Waals surface area contributed by atoms with Gasteiger partial charge in [0.25, 0.3) is 0 Å². The molecule has 2 rings (SSSR count). The Morgan fingerprint density at radius 1 is 1.35 bits per heavy atom. The molecule has 0 saturated heterocycles. The molecule has 0 bridgehead atoms. The molecule has 0 spiro atoms. The van der Waals surface area contributed by atoms with Gasteiger partial charge in [-0.2, -0.15) is 0 Å². The Morgan fingerprint density at radius 3 is 2.80 bits per heavy atom. The molecule has 1 N–H and O–H groups in total. The van der Waals surface area contributed by atoms with E-state index in [1.807, 2.05) is 19.2 Å². The summed E-state index contributed by atoms with van der Waals surface area (Å²) < 4.78 is 6.75. The molecular weight excluding hydrogens is 342 g/mol. The van der Waals surface area contributed by atoms with Crippen molar-refractivity contribution in [3.63, 3.8) is 0 Å². The summed E-state index contributed by atoms with van der Waals surface area (Å²) in [6.45, 7) is 2.10. The molecule has 0 saturated carbocycles. The number of ether oxygens (including phenoxy) is 1. The highest BCUT2D eigenvalue weighted by atomic mass is 79.9. The first kappa shape index (κ1) is 15.1. The summed E-state index contributed by atoms with van der Waals surface area (Å²) >= 11 is 9.54. The van der Waals surface area contributed by atoms with E-state index in [1.54, 1.807) is 6.07 Å². The molecule has 1 aromatic carbocycles. The van der Waals surface area contributed by atoms with Crippen LogP contribution in [0.2, 0.25) is 5.02 Å². The van der Waals surface area contributed by atoms with E-state index in [-0.39, 0.29) is 0 Å². The van der Waals surface area contributed by atoms with Crippen LogP contribution < -0.4 is 10.1 Å². The normalized spacial score (nSPS) is 10.4. The van der Waals surface area contributed by atoms with Gasteiger partial charge in [0.15, 0.2) is 0 Å². The fourth-order valence-corrected chi connectivity index (χ4v) is 2.55. The van der Waals surface area contributed by atoms with Crippen LogP contribution in [0.25, 0.3) is 0 Å². The molecule has 1 heterocycles. The zero-order valence-corrected chi connectivity index (χ0v) is 13.6. The maximum atomic E-state index is 6.17. The number of anilines is 1. The van der Waals surface area contributed by atoms with Crippen molar-refractivity contribution < 1.29 is 4.74 Å². The second kappa shape index (κ2) is 6.90. The van der Waals surface area contributed by atoms with Gasteiger partial charge in [0.05, 0.1) is 10.6 Å². The van der Waals surface area contributed by atoms with Gasteiger partial charge in [0.1, 0.15) is 17.9 Å². The largest absolute Gasteiger partial charge is 0.437 e. The average molecular weight is 357 g/mol. The number of halogens is 2. The maximum Gasteiger partial charge on any atom is 0.227 e. The zero-order chi connectivity index (χ0) is 14.5. The minimum atomic E-state index is 0.534. The summed E-state index contributed by atoms with van der Waals surface area (Å²) in [6, 6.07) is 5.47. The number of benzene rings is 1. The summed E-state index contributed by atoms with van der Waals surface area (Å²) in [6.07, 6.45) is 3.29. The van der Waals surface area contributed by atoms with Crippen molar-refractivity contribution in [2.75, 3.05) is 12.4 Å². The first-order valence-corrected chi connectivity index (χ1v) is 7.47. The van der Waals surface area contributed by atoms with Crippen LogP contribution in [0, 0.1) is 0 Å². The topological polar surface area (TPSA) is 47.0 Å². The van der Waals surface area contributed by atoms with E-state index < -0.39 is 0 Å². The van der Waals surface area contributed by atoms with Crippen molar-refractivity contribution in [1.82, 2.24) is 9.97 Å². The van der Waals surface area contributed by atoms with Gasteiger partial charge in [-0.05, 0) is 24.6 Å². The first-order chi connectivity index (χ1) is 9.65. The molecular formula is C14H15BrClN3O. The molecule has 106 valence electrons. The van der Waals surface area contributed by atoms with E-state index in [4.69, 9.17) is 16.3 Å². The van der Waals surface area contributed by atoms with Crippen LogP contribution in [0.15, 0.2) is 29.0 Å². The van der Waals surface area contributed by atoms with Gasteiger partial charge < -0.3 is 10.1 Å². The number of rotatable bonds is 5. The number of nitrogens with zero attached hydrogens (tertiary/aromatic N) is 2. The van der Waals surface area contributed by atoms with Crippen LogP contribution in [0.4, 0.5) is 5.82 Å². The smallest absolute Gasteiger partial charge is 0.227 e. The highest BCUT2D eigenvalue weighted by molar-refractivity contribution is 9.10. The van der Waals surface area contributed by atoms with Crippen molar-refractivity contribution >= 4 is 33.3 Å². The summed E-state index contributed by atoms with van der Waals surface area (Å²) in [5.74, 6) is 1.90. The van der Waals surface area contributed by atoms with Gasteiger partial charge in [0.2, 0.25) is 5.88 Å². The SMILES string of the molecule is CCCc1c(NC)ncnc1Oc1ccc(Br)cc1Cl. The molecule has 0 aliphatic carbocycles. The molecule has 0 atom stereocenters. The lowest BCUT2D eigenvalue weighted by molar-refractivity contribution is 0.454. The summed E-state index contributed by atoms with van der Waals surface area (Å²) in [5, 5.41) is 3.59. The fraction of sp³-hybridized carbons (Fsp3) is 0.286. The van der Waals surface area contributed by atoms with E-state index in [2.05, 4.69) is 38.1 Å². The van der Waals surface area contributed by atoms with Crippen molar-refractivity contribution in [3.05, 3.63) is 39.6 Å². The van der Waals surface area contributed by atoms with Crippen LogP contribution in [0.5, 0.6) is 11.6 Å². The number of nitrogens with one attached hydrogen (secondary N) is 1. The second-order valence-corrected chi connectivity index (χ2v) is 5.51.